The largest absolute Gasteiger partial charge is 0.306 e. The Bertz CT molecular complexity index is 2230. The summed E-state index contributed by atoms with van der Waals surface area (Å²) in [7, 11) is 0. The van der Waals surface area contributed by atoms with Crippen molar-refractivity contribution in [1.29, 1.82) is 0 Å². The van der Waals surface area contributed by atoms with Crippen LogP contribution in [0.25, 0.3) is 74.8 Å². The molecule has 0 saturated carbocycles. The molecule has 2 nitrogen and oxygen atoms in total. The van der Waals surface area contributed by atoms with Crippen molar-refractivity contribution in [2.75, 3.05) is 0 Å². The van der Waals surface area contributed by atoms with Gasteiger partial charge in [0.05, 0.1) is 31.5 Å². The first kappa shape index (κ1) is 19.6. The van der Waals surface area contributed by atoms with E-state index < -0.39 is 0 Å². The van der Waals surface area contributed by atoms with Crippen LogP contribution in [-0.4, -0.2) is 8.80 Å². The van der Waals surface area contributed by atoms with Crippen LogP contribution in [0.2, 0.25) is 0 Å². The standard InChI is InChI=1S/C34H20N2S/c1-3-13-29-27(11-1)33-31-32-34(37-33)28-12-2-4-14-30(28)36(32)26-10-6-8-24(20-26)22-17-15-21(16-18-22)23-7-5-9-25(19-23)35(29)31/h1-20H. The van der Waals surface area contributed by atoms with Gasteiger partial charge < -0.3 is 8.80 Å². The Hall–Kier alpha value is -4.60. The maximum Gasteiger partial charge on any atom is 0.0899 e. The van der Waals surface area contributed by atoms with Gasteiger partial charge in [-0.25, -0.2) is 0 Å². The van der Waals surface area contributed by atoms with E-state index >= 15 is 0 Å². The second-order valence-electron chi connectivity index (χ2n) is 9.84. The van der Waals surface area contributed by atoms with Crippen LogP contribution in [0.3, 0.4) is 0 Å². The average molecular weight is 489 g/mol. The molecular formula is C34H20N2S. The molecule has 0 N–H and O–H groups in total. The van der Waals surface area contributed by atoms with Crippen LogP contribution in [0.4, 0.5) is 0 Å². The first-order valence-corrected chi connectivity index (χ1v) is 13.4. The molecule has 5 aromatic carbocycles. The summed E-state index contributed by atoms with van der Waals surface area (Å²) in [4.78, 5) is 0. The third-order valence-corrected chi connectivity index (χ3v) is 9.08. The summed E-state index contributed by atoms with van der Waals surface area (Å²) >= 11 is 1.92. The SMILES string of the molecule is c1ccc2c(c1)c1sc3c4ccccc4n4c5cccc(c5)c5ccc(cc5)c5cccc(c5)n2c1c34. The Morgan fingerprint density at radius 1 is 0.405 bits per heavy atom. The maximum absolute atomic E-state index is 2.48. The highest BCUT2D eigenvalue weighted by atomic mass is 32.1. The summed E-state index contributed by atoms with van der Waals surface area (Å²) in [6.07, 6.45) is 0. The molecule has 37 heavy (non-hydrogen) atoms. The molecule has 10 rings (SSSR count). The van der Waals surface area contributed by atoms with Gasteiger partial charge in [-0.15, -0.1) is 11.3 Å². The maximum atomic E-state index is 2.48. The molecule has 0 aliphatic rings. The molecule has 0 unspecified atom stereocenters. The van der Waals surface area contributed by atoms with Crippen LogP contribution in [0.15, 0.2) is 121 Å². The van der Waals surface area contributed by atoms with E-state index in [1.807, 2.05) is 11.3 Å². The van der Waals surface area contributed by atoms with Crippen LogP contribution < -0.4 is 0 Å². The van der Waals surface area contributed by atoms with Crippen LogP contribution in [0.1, 0.15) is 0 Å². The van der Waals surface area contributed by atoms with Gasteiger partial charge in [-0.1, -0.05) is 84.9 Å². The van der Waals surface area contributed by atoms with Crippen molar-refractivity contribution < 1.29 is 0 Å². The summed E-state index contributed by atoms with van der Waals surface area (Å²) in [5.74, 6) is 0. The molecule has 6 bridgehead atoms. The Balaban J connectivity index is 1.73. The van der Waals surface area contributed by atoms with Crippen LogP contribution in [-0.2, 0) is 0 Å². The number of rotatable bonds is 0. The van der Waals surface area contributed by atoms with Crippen molar-refractivity contribution in [2.24, 2.45) is 0 Å². The lowest BCUT2D eigenvalue weighted by atomic mass is 10.1. The molecule has 0 amide bonds. The zero-order valence-corrected chi connectivity index (χ0v) is 20.7. The Morgan fingerprint density at radius 2 is 0.865 bits per heavy atom. The summed E-state index contributed by atoms with van der Waals surface area (Å²) in [6.45, 7) is 0. The van der Waals surface area contributed by atoms with Gasteiger partial charge in [0, 0.05) is 21.8 Å². The normalized spacial score (nSPS) is 12.3. The van der Waals surface area contributed by atoms with E-state index in [2.05, 4.69) is 130 Å². The number of thiophene rings is 1. The highest BCUT2D eigenvalue weighted by Gasteiger charge is 2.20. The number of nitrogens with zero attached hydrogens (tertiary/aromatic N) is 2. The smallest absolute Gasteiger partial charge is 0.0899 e. The van der Waals surface area contributed by atoms with Crippen molar-refractivity contribution in [1.82, 2.24) is 8.80 Å². The van der Waals surface area contributed by atoms with Crippen LogP contribution in [0, 0.1) is 0 Å². The Morgan fingerprint density at radius 3 is 1.35 bits per heavy atom. The molecule has 5 aromatic heterocycles. The number of para-hydroxylation sites is 2. The third kappa shape index (κ3) is 2.54. The van der Waals surface area contributed by atoms with Crippen molar-refractivity contribution in [2.45, 2.75) is 0 Å². The number of benzene rings is 5. The number of hydrogen-bond donors (Lipinski definition) is 0. The average Bonchev–Trinajstić information content (AvgIpc) is 3.59. The molecule has 0 atom stereocenters. The van der Waals surface area contributed by atoms with E-state index in [0.717, 1.165) is 0 Å². The fraction of sp³-hybridized carbons (Fsp3) is 0. The van der Waals surface area contributed by atoms with Crippen molar-refractivity contribution in [3.05, 3.63) is 121 Å². The molecule has 0 aliphatic carbocycles. The monoisotopic (exact) mass is 488 g/mol. The summed E-state index contributed by atoms with van der Waals surface area (Å²) in [5.41, 5.74) is 7.44. The van der Waals surface area contributed by atoms with Gasteiger partial charge >= 0.3 is 0 Å². The topological polar surface area (TPSA) is 8.82 Å². The molecular weight excluding hydrogens is 468 g/mol. The van der Waals surface area contributed by atoms with Crippen LogP contribution >= 0.6 is 11.3 Å². The molecule has 0 fully saturated rings. The molecule has 0 saturated heterocycles. The van der Waals surface area contributed by atoms with Gasteiger partial charge in [-0.2, -0.15) is 0 Å². The second kappa shape index (κ2) is 7.00. The minimum atomic E-state index is 1.19. The third-order valence-electron chi connectivity index (χ3n) is 7.85. The Labute approximate surface area is 215 Å². The minimum absolute atomic E-state index is 1.19. The molecule has 0 spiro atoms. The highest BCUT2D eigenvalue weighted by Crippen LogP contribution is 2.45. The van der Waals surface area contributed by atoms with Crippen LogP contribution in [0.5, 0.6) is 0 Å². The fourth-order valence-electron chi connectivity index (χ4n) is 6.20. The highest BCUT2D eigenvalue weighted by molar-refractivity contribution is 7.27. The van der Waals surface area contributed by atoms with E-state index in [9.17, 15) is 0 Å². The van der Waals surface area contributed by atoms with Gasteiger partial charge in [-0.05, 0) is 57.9 Å². The first-order chi connectivity index (χ1) is 18.3. The van der Waals surface area contributed by atoms with E-state index in [0.29, 0.717) is 0 Å². The van der Waals surface area contributed by atoms with E-state index in [4.69, 9.17) is 0 Å². The molecule has 172 valence electrons. The lowest BCUT2D eigenvalue weighted by Gasteiger charge is -2.05. The lowest BCUT2D eigenvalue weighted by Crippen LogP contribution is -1.88. The van der Waals surface area contributed by atoms with Gasteiger partial charge in [0.25, 0.3) is 0 Å². The minimum Gasteiger partial charge on any atom is -0.306 e. The van der Waals surface area contributed by atoms with Gasteiger partial charge in [0.15, 0.2) is 0 Å². The predicted octanol–water partition coefficient (Wildman–Crippen LogP) is 9.73. The van der Waals surface area contributed by atoms with E-state index in [1.54, 1.807) is 0 Å². The molecule has 0 radical (unpaired) electrons. The summed E-state index contributed by atoms with van der Waals surface area (Å²) in [5, 5.41) is 7.54. The fourth-order valence-corrected chi connectivity index (χ4v) is 7.54. The predicted molar refractivity (Wildman–Crippen MR) is 160 cm³/mol. The van der Waals surface area contributed by atoms with Crippen molar-refractivity contribution in [3.8, 4) is 0 Å². The lowest BCUT2D eigenvalue weighted by molar-refractivity contribution is 1.30. The number of fused-ring (bicyclic) bond motifs is 6. The zero-order valence-electron chi connectivity index (χ0n) is 19.8. The summed E-state index contributed by atoms with van der Waals surface area (Å²) < 4.78 is 7.65. The Kier molecular flexibility index (Phi) is 3.70. The van der Waals surface area contributed by atoms with Gasteiger partial charge in [0.2, 0.25) is 0 Å². The van der Waals surface area contributed by atoms with E-state index in [-0.39, 0.29) is 0 Å². The number of hydrogen-bond acceptors (Lipinski definition) is 1. The van der Waals surface area contributed by atoms with Crippen molar-refractivity contribution >= 4 is 86.2 Å². The van der Waals surface area contributed by atoms with E-state index in [1.165, 1.54) is 74.8 Å². The molecule has 3 heteroatoms. The van der Waals surface area contributed by atoms with Gasteiger partial charge in [-0.3, -0.25) is 0 Å². The summed E-state index contributed by atoms with van der Waals surface area (Å²) in [6, 6.07) is 44.6. The first-order valence-electron chi connectivity index (χ1n) is 12.6. The second-order valence-corrected chi connectivity index (χ2v) is 10.9. The van der Waals surface area contributed by atoms with Crippen molar-refractivity contribution in [3.63, 3.8) is 0 Å². The zero-order chi connectivity index (χ0) is 24.1. The quantitative estimate of drug-likeness (QED) is 0.201. The number of aromatic nitrogens is 2. The molecule has 5 heterocycles. The van der Waals surface area contributed by atoms with Gasteiger partial charge in [0.1, 0.15) is 0 Å². The molecule has 0 aliphatic heterocycles. The molecule has 10 aromatic rings.